The molecule has 1 aromatic rings. The minimum absolute atomic E-state index is 0.0528. The van der Waals surface area contributed by atoms with Crippen molar-refractivity contribution in [3.8, 4) is 0 Å². The molecular formula is C12H17N3O4S. The van der Waals surface area contributed by atoms with Crippen molar-refractivity contribution in [2.45, 2.75) is 11.8 Å². The number of nitrogens with two attached hydrogens (primary N) is 1. The number of carbonyl (C=O) groups excluding carboxylic acids is 1. The molecule has 0 unspecified atom stereocenters. The maximum atomic E-state index is 12.3. The molecule has 0 atom stereocenters. The van der Waals surface area contributed by atoms with Gasteiger partial charge >= 0.3 is 0 Å². The first-order valence-corrected chi connectivity index (χ1v) is 7.73. The summed E-state index contributed by atoms with van der Waals surface area (Å²) in [6.07, 6.45) is 1.07. The fraction of sp³-hybridized carbons (Fsp3) is 0.333. The summed E-state index contributed by atoms with van der Waals surface area (Å²) in [6.45, 7) is 1.41. The van der Waals surface area contributed by atoms with Gasteiger partial charge < -0.3 is 10.8 Å². The highest BCUT2D eigenvalue weighted by atomic mass is 32.2. The van der Waals surface area contributed by atoms with Gasteiger partial charge in [0.15, 0.2) is 9.84 Å². The highest BCUT2D eigenvalue weighted by Gasteiger charge is 2.19. The van der Waals surface area contributed by atoms with Gasteiger partial charge in [0.05, 0.1) is 4.90 Å². The quantitative estimate of drug-likeness (QED) is 0.591. The Morgan fingerprint density at radius 3 is 2.60 bits per heavy atom. The van der Waals surface area contributed by atoms with Crippen LogP contribution in [0.15, 0.2) is 34.2 Å². The predicted molar refractivity (Wildman–Crippen MR) is 75.0 cm³/mol. The molecule has 0 aromatic heterocycles. The van der Waals surface area contributed by atoms with Crippen LogP contribution in [0.4, 0.5) is 0 Å². The van der Waals surface area contributed by atoms with Gasteiger partial charge in [0, 0.05) is 18.4 Å². The molecule has 0 spiro atoms. The number of aliphatic hydroxyl groups excluding tert-OH is 1. The van der Waals surface area contributed by atoms with E-state index < -0.39 is 22.5 Å². The lowest BCUT2D eigenvalue weighted by Crippen LogP contribution is -2.42. The second kappa shape index (κ2) is 6.49. The number of carbonyl (C=O) groups is 1. The number of hydrogen-bond acceptors (Lipinski definition) is 5. The summed E-state index contributed by atoms with van der Waals surface area (Å²) >= 11 is 0. The summed E-state index contributed by atoms with van der Waals surface area (Å²) in [5.41, 5.74) is 5.76. The Morgan fingerprint density at radius 1 is 1.45 bits per heavy atom. The van der Waals surface area contributed by atoms with Crippen molar-refractivity contribution in [2.75, 3.05) is 19.5 Å². The van der Waals surface area contributed by atoms with Crippen LogP contribution in [0, 0.1) is 0 Å². The van der Waals surface area contributed by atoms with Crippen molar-refractivity contribution < 1.29 is 18.3 Å². The molecule has 0 saturated heterocycles. The van der Waals surface area contributed by atoms with Gasteiger partial charge in [-0.25, -0.2) is 13.4 Å². The number of benzene rings is 1. The zero-order valence-corrected chi connectivity index (χ0v) is 12.1. The SMILES string of the molecule is CCN(C(=O)c1cccc(S(C)(=O)=O)c1)/C(N)=N/CO. The van der Waals surface area contributed by atoms with Crippen LogP contribution in [-0.2, 0) is 9.84 Å². The predicted octanol–water partition coefficient (Wildman–Crippen LogP) is -0.183. The van der Waals surface area contributed by atoms with Gasteiger partial charge in [-0.2, -0.15) is 0 Å². The number of amides is 1. The van der Waals surface area contributed by atoms with E-state index in [0.29, 0.717) is 0 Å². The number of guanidine groups is 1. The number of nitrogens with zero attached hydrogens (tertiary/aromatic N) is 2. The zero-order valence-electron chi connectivity index (χ0n) is 11.3. The summed E-state index contributed by atoms with van der Waals surface area (Å²) in [5.74, 6) is -0.600. The van der Waals surface area contributed by atoms with Crippen LogP contribution in [0.3, 0.4) is 0 Å². The van der Waals surface area contributed by atoms with Crippen molar-refractivity contribution in [1.82, 2.24) is 4.90 Å². The molecule has 7 nitrogen and oxygen atoms in total. The van der Waals surface area contributed by atoms with Crippen molar-refractivity contribution in [2.24, 2.45) is 10.7 Å². The van der Waals surface area contributed by atoms with E-state index in [1.807, 2.05) is 0 Å². The van der Waals surface area contributed by atoms with Gasteiger partial charge in [-0.3, -0.25) is 9.69 Å². The molecule has 1 rings (SSSR count). The third kappa shape index (κ3) is 3.78. The normalized spacial score (nSPS) is 12.2. The van der Waals surface area contributed by atoms with Crippen LogP contribution in [0.2, 0.25) is 0 Å². The van der Waals surface area contributed by atoms with Gasteiger partial charge in [-0.05, 0) is 25.1 Å². The van der Waals surface area contributed by atoms with Crippen LogP contribution in [0.1, 0.15) is 17.3 Å². The van der Waals surface area contributed by atoms with Crippen LogP contribution >= 0.6 is 0 Å². The van der Waals surface area contributed by atoms with Gasteiger partial charge in [0.25, 0.3) is 5.91 Å². The maximum Gasteiger partial charge on any atom is 0.260 e. The number of hydrogen-bond donors (Lipinski definition) is 2. The van der Waals surface area contributed by atoms with E-state index in [4.69, 9.17) is 10.8 Å². The third-order valence-corrected chi connectivity index (χ3v) is 3.69. The second-order valence-electron chi connectivity index (χ2n) is 4.01. The van der Waals surface area contributed by atoms with Gasteiger partial charge in [0.1, 0.15) is 6.73 Å². The van der Waals surface area contributed by atoms with E-state index in [1.54, 1.807) is 6.92 Å². The first-order valence-electron chi connectivity index (χ1n) is 5.84. The fourth-order valence-corrected chi connectivity index (χ4v) is 2.25. The lowest BCUT2D eigenvalue weighted by atomic mass is 10.2. The monoisotopic (exact) mass is 299 g/mol. The molecule has 0 aliphatic heterocycles. The first kappa shape index (κ1) is 16.1. The van der Waals surface area contributed by atoms with Crippen molar-refractivity contribution in [1.29, 1.82) is 0 Å². The van der Waals surface area contributed by atoms with Gasteiger partial charge in [0.2, 0.25) is 5.96 Å². The number of aliphatic imine (C=N–C) groups is 1. The molecule has 20 heavy (non-hydrogen) atoms. The van der Waals surface area contributed by atoms with Gasteiger partial charge in [-0.15, -0.1) is 0 Å². The van der Waals surface area contributed by atoms with E-state index in [9.17, 15) is 13.2 Å². The van der Waals surface area contributed by atoms with E-state index in [2.05, 4.69) is 4.99 Å². The molecule has 3 N–H and O–H groups in total. The Balaban J connectivity index is 3.17. The Morgan fingerprint density at radius 2 is 2.10 bits per heavy atom. The molecule has 8 heteroatoms. The number of rotatable bonds is 4. The summed E-state index contributed by atoms with van der Waals surface area (Å²) in [4.78, 5) is 17.0. The largest absolute Gasteiger partial charge is 0.374 e. The van der Waals surface area contributed by atoms with E-state index >= 15 is 0 Å². The summed E-state index contributed by atoms with van der Waals surface area (Å²) < 4.78 is 23.0. The van der Waals surface area contributed by atoms with Crippen LogP contribution < -0.4 is 5.73 Å². The van der Waals surface area contributed by atoms with Crippen molar-refractivity contribution in [3.05, 3.63) is 29.8 Å². The van der Waals surface area contributed by atoms with E-state index in [1.165, 1.54) is 24.3 Å². The highest BCUT2D eigenvalue weighted by molar-refractivity contribution is 7.90. The van der Waals surface area contributed by atoms with Crippen LogP contribution in [-0.4, -0.2) is 49.8 Å². The third-order valence-electron chi connectivity index (χ3n) is 2.58. The molecule has 0 bridgehead atoms. The lowest BCUT2D eigenvalue weighted by Gasteiger charge is -2.19. The maximum absolute atomic E-state index is 12.3. The molecule has 0 fully saturated rings. The zero-order chi connectivity index (χ0) is 15.3. The molecular weight excluding hydrogens is 282 g/mol. The Labute approximate surface area is 117 Å². The molecule has 0 aliphatic carbocycles. The summed E-state index contributed by atoms with van der Waals surface area (Å²) in [5, 5.41) is 8.70. The molecule has 110 valence electrons. The second-order valence-corrected chi connectivity index (χ2v) is 6.02. The minimum Gasteiger partial charge on any atom is -0.374 e. The summed E-state index contributed by atoms with van der Waals surface area (Å²) in [7, 11) is -3.39. The van der Waals surface area contributed by atoms with Crippen LogP contribution in [0.5, 0.6) is 0 Å². The average molecular weight is 299 g/mol. The van der Waals surface area contributed by atoms with Crippen molar-refractivity contribution >= 4 is 21.7 Å². The highest BCUT2D eigenvalue weighted by Crippen LogP contribution is 2.13. The molecule has 0 aliphatic rings. The smallest absolute Gasteiger partial charge is 0.260 e. The Hall–Kier alpha value is -1.93. The van der Waals surface area contributed by atoms with Crippen LogP contribution in [0.25, 0.3) is 0 Å². The average Bonchev–Trinajstić information content (AvgIpc) is 2.39. The molecule has 0 radical (unpaired) electrons. The molecule has 1 amide bonds. The standard InChI is InChI=1S/C12H17N3O4S/c1-3-15(12(13)14-8-16)11(17)9-5-4-6-10(7-9)20(2,18)19/h4-7,16H,3,8H2,1-2H3,(H2,13,14). The Kier molecular flexibility index (Phi) is 5.23. The molecule has 1 aromatic carbocycles. The fourth-order valence-electron chi connectivity index (χ4n) is 1.58. The van der Waals surface area contributed by atoms with Gasteiger partial charge in [-0.1, -0.05) is 6.07 Å². The van der Waals surface area contributed by atoms with E-state index in [0.717, 1.165) is 11.2 Å². The molecule has 0 saturated carbocycles. The number of aliphatic hydroxyl groups is 1. The lowest BCUT2D eigenvalue weighted by molar-refractivity contribution is 0.0850. The Bertz CT molecular complexity index is 625. The number of sulfone groups is 1. The minimum atomic E-state index is -3.39. The first-order chi connectivity index (χ1) is 9.31. The van der Waals surface area contributed by atoms with E-state index in [-0.39, 0.29) is 23.0 Å². The molecule has 0 heterocycles. The van der Waals surface area contributed by atoms with Crippen molar-refractivity contribution in [3.63, 3.8) is 0 Å². The topological polar surface area (TPSA) is 113 Å². The summed E-state index contributed by atoms with van der Waals surface area (Å²) in [6, 6.07) is 5.67.